The second-order valence-corrected chi connectivity index (χ2v) is 8.35. The standard InChI is InChI=1S/C23H27N7O5/c1-33-20-5-3-17-23(28-20)30(21(32)12-25-17)7-6-29-8-9-34-16(13-29)11-24-10-15-2-4-18-22(26-15)27-19(31)14-35-18/h2-5,12,16,24H,6-11,13-14H2,1H3,(H,26,27,31)/t16-/m0/s1. The zero-order valence-electron chi connectivity index (χ0n) is 19.4. The van der Waals surface area contributed by atoms with E-state index in [0.29, 0.717) is 61.4 Å². The Labute approximate surface area is 201 Å². The van der Waals surface area contributed by atoms with Crippen LogP contribution in [-0.2, 0) is 22.6 Å². The number of carbonyl (C=O) groups is 1. The summed E-state index contributed by atoms with van der Waals surface area (Å²) in [4.78, 5) is 39.3. The minimum absolute atomic E-state index is 0.00791. The van der Waals surface area contributed by atoms with Crippen LogP contribution in [-0.4, -0.2) is 82.9 Å². The lowest BCUT2D eigenvalue weighted by atomic mass is 10.2. The highest BCUT2D eigenvalue weighted by atomic mass is 16.5. The topological polar surface area (TPSA) is 133 Å². The number of aromatic nitrogens is 4. The van der Waals surface area contributed by atoms with Gasteiger partial charge in [-0.2, -0.15) is 4.98 Å². The van der Waals surface area contributed by atoms with Gasteiger partial charge in [0.2, 0.25) is 5.88 Å². The van der Waals surface area contributed by atoms with E-state index in [1.54, 1.807) is 23.8 Å². The molecule has 0 saturated carbocycles. The Morgan fingerprint density at radius 3 is 3.00 bits per heavy atom. The number of fused-ring (bicyclic) bond motifs is 2. The van der Waals surface area contributed by atoms with Crippen LogP contribution in [0.25, 0.3) is 11.2 Å². The SMILES string of the molecule is COc1ccc2ncc(=O)n(CCN3CCO[C@@H](CNCc4ccc5c(n4)NC(=O)CO5)C3)c2n1. The van der Waals surface area contributed by atoms with Crippen LogP contribution in [0.1, 0.15) is 5.69 Å². The Hall–Kier alpha value is -3.61. The van der Waals surface area contributed by atoms with Crippen LogP contribution in [0.15, 0.2) is 35.3 Å². The third-order valence-corrected chi connectivity index (χ3v) is 5.95. The van der Waals surface area contributed by atoms with Gasteiger partial charge in [-0.1, -0.05) is 0 Å². The molecule has 2 aliphatic heterocycles. The van der Waals surface area contributed by atoms with E-state index in [2.05, 4.69) is 30.5 Å². The predicted octanol–water partition coefficient (Wildman–Crippen LogP) is 0.0166. The zero-order valence-corrected chi connectivity index (χ0v) is 19.4. The van der Waals surface area contributed by atoms with Crippen molar-refractivity contribution < 1.29 is 19.0 Å². The van der Waals surface area contributed by atoms with E-state index in [-0.39, 0.29) is 24.2 Å². The monoisotopic (exact) mass is 481 g/mol. The lowest BCUT2D eigenvalue weighted by Crippen LogP contribution is -2.47. The first-order valence-corrected chi connectivity index (χ1v) is 11.5. The smallest absolute Gasteiger partial charge is 0.270 e. The van der Waals surface area contributed by atoms with Gasteiger partial charge < -0.3 is 24.8 Å². The Balaban J connectivity index is 1.15. The lowest BCUT2D eigenvalue weighted by Gasteiger charge is -2.33. The molecule has 0 aromatic carbocycles. The molecule has 2 aliphatic rings. The van der Waals surface area contributed by atoms with Gasteiger partial charge in [0.25, 0.3) is 11.5 Å². The molecule has 0 aliphatic carbocycles. The summed E-state index contributed by atoms with van der Waals surface area (Å²) in [5.41, 5.74) is 1.77. The summed E-state index contributed by atoms with van der Waals surface area (Å²) in [7, 11) is 1.54. The molecular weight excluding hydrogens is 454 g/mol. The van der Waals surface area contributed by atoms with Crippen molar-refractivity contribution in [3.8, 4) is 11.6 Å². The average molecular weight is 482 g/mol. The maximum Gasteiger partial charge on any atom is 0.270 e. The number of nitrogens with one attached hydrogen (secondary N) is 2. The normalized spacial score (nSPS) is 18.1. The number of amides is 1. The number of rotatable bonds is 8. The molecule has 1 amide bonds. The molecule has 0 spiro atoms. The van der Waals surface area contributed by atoms with E-state index in [1.807, 2.05) is 12.1 Å². The molecule has 0 unspecified atom stereocenters. The van der Waals surface area contributed by atoms with Crippen LogP contribution in [0.3, 0.4) is 0 Å². The van der Waals surface area contributed by atoms with Crippen molar-refractivity contribution in [3.63, 3.8) is 0 Å². The highest BCUT2D eigenvalue weighted by molar-refractivity contribution is 5.94. The number of methoxy groups -OCH3 is 1. The Kier molecular flexibility index (Phi) is 6.84. The van der Waals surface area contributed by atoms with Crippen LogP contribution in [0.2, 0.25) is 0 Å². The fraction of sp³-hybridized carbons (Fsp3) is 0.435. The van der Waals surface area contributed by atoms with E-state index in [4.69, 9.17) is 14.2 Å². The minimum Gasteiger partial charge on any atom is -0.481 e. The fourth-order valence-electron chi connectivity index (χ4n) is 4.16. The maximum atomic E-state index is 12.5. The molecule has 1 fully saturated rings. The summed E-state index contributed by atoms with van der Waals surface area (Å²) in [5, 5.41) is 6.10. The van der Waals surface area contributed by atoms with Crippen molar-refractivity contribution in [3.05, 3.63) is 46.5 Å². The van der Waals surface area contributed by atoms with Crippen LogP contribution in [0, 0.1) is 0 Å². The minimum atomic E-state index is -0.206. The fourth-order valence-corrected chi connectivity index (χ4v) is 4.16. The van der Waals surface area contributed by atoms with Crippen molar-refractivity contribution in [1.82, 2.24) is 29.7 Å². The highest BCUT2D eigenvalue weighted by Crippen LogP contribution is 2.25. The van der Waals surface area contributed by atoms with Gasteiger partial charge in [0.05, 0.1) is 31.7 Å². The van der Waals surface area contributed by atoms with Gasteiger partial charge in [-0.3, -0.25) is 19.1 Å². The summed E-state index contributed by atoms with van der Waals surface area (Å²) in [6, 6.07) is 7.21. The van der Waals surface area contributed by atoms with E-state index >= 15 is 0 Å². The van der Waals surface area contributed by atoms with Gasteiger partial charge in [0, 0.05) is 45.3 Å². The summed E-state index contributed by atoms with van der Waals surface area (Å²) >= 11 is 0. The van der Waals surface area contributed by atoms with Gasteiger partial charge in [-0.05, 0) is 18.2 Å². The van der Waals surface area contributed by atoms with Crippen molar-refractivity contribution in [2.24, 2.45) is 0 Å². The molecule has 3 aromatic rings. The number of nitrogens with zero attached hydrogens (tertiary/aromatic N) is 5. The zero-order chi connectivity index (χ0) is 24.2. The van der Waals surface area contributed by atoms with Gasteiger partial charge in [-0.15, -0.1) is 0 Å². The maximum absolute atomic E-state index is 12.5. The number of pyridine rings is 2. The Morgan fingerprint density at radius 2 is 2.11 bits per heavy atom. The number of carbonyl (C=O) groups excluding carboxylic acids is 1. The highest BCUT2D eigenvalue weighted by Gasteiger charge is 2.21. The van der Waals surface area contributed by atoms with Crippen LogP contribution in [0.4, 0.5) is 5.82 Å². The second-order valence-electron chi connectivity index (χ2n) is 8.35. The Morgan fingerprint density at radius 1 is 1.20 bits per heavy atom. The predicted molar refractivity (Wildman–Crippen MR) is 127 cm³/mol. The third kappa shape index (κ3) is 5.39. The Bertz CT molecular complexity index is 1280. The first-order chi connectivity index (χ1) is 17.1. The van der Waals surface area contributed by atoms with Gasteiger partial charge >= 0.3 is 0 Å². The summed E-state index contributed by atoms with van der Waals surface area (Å²) < 4.78 is 18.1. The van der Waals surface area contributed by atoms with E-state index in [1.165, 1.54) is 6.20 Å². The van der Waals surface area contributed by atoms with Gasteiger partial charge in [-0.25, -0.2) is 9.97 Å². The number of hydrogen-bond donors (Lipinski definition) is 2. The molecule has 0 radical (unpaired) electrons. The summed E-state index contributed by atoms with van der Waals surface area (Å²) in [6.07, 6.45) is 1.34. The second kappa shape index (κ2) is 10.3. The quantitative estimate of drug-likeness (QED) is 0.454. The van der Waals surface area contributed by atoms with Crippen molar-refractivity contribution in [2.75, 3.05) is 51.8 Å². The molecule has 35 heavy (non-hydrogen) atoms. The average Bonchev–Trinajstić information content (AvgIpc) is 2.88. The van der Waals surface area contributed by atoms with E-state index < -0.39 is 0 Å². The molecule has 1 atom stereocenters. The van der Waals surface area contributed by atoms with Crippen LogP contribution >= 0.6 is 0 Å². The van der Waals surface area contributed by atoms with Crippen molar-refractivity contribution >= 4 is 22.9 Å². The molecule has 2 N–H and O–H groups in total. The molecular formula is C23H27N7O5. The van der Waals surface area contributed by atoms with E-state index in [0.717, 1.165) is 18.8 Å². The molecule has 12 nitrogen and oxygen atoms in total. The van der Waals surface area contributed by atoms with Crippen LogP contribution in [0.5, 0.6) is 11.6 Å². The third-order valence-electron chi connectivity index (χ3n) is 5.95. The molecule has 1 saturated heterocycles. The number of morpholine rings is 1. The molecule has 12 heteroatoms. The molecule has 5 rings (SSSR count). The molecule has 3 aromatic heterocycles. The number of anilines is 1. The first kappa shape index (κ1) is 23.1. The lowest BCUT2D eigenvalue weighted by molar-refractivity contribution is -0.118. The van der Waals surface area contributed by atoms with Crippen LogP contribution < -0.4 is 25.7 Å². The molecule has 184 valence electrons. The molecule has 5 heterocycles. The largest absolute Gasteiger partial charge is 0.481 e. The van der Waals surface area contributed by atoms with E-state index in [9.17, 15) is 9.59 Å². The van der Waals surface area contributed by atoms with Gasteiger partial charge in [0.15, 0.2) is 23.8 Å². The summed E-state index contributed by atoms with van der Waals surface area (Å²) in [5.74, 6) is 1.27. The van der Waals surface area contributed by atoms with Crippen molar-refractivity contribution in [1.29, 1.82) is 0 Å². The molecule has 0 bridgehead atoms. The summed E-state index contributed by atoms with van der Waals surface area (Å²) in [6.45, 7) is 4.52. The number of ether oxygens (including phenoxy) is 3. The van der Waals surface area contributed by atoms with Gasteiger partial charge in [0.1, 0.15) is 5.52 Å². The van der Waals surface area contributed by atoms with Crippen molar-refractivity contribution in [2.45, 2.75) is 19.2 Å². The number of hydrogen-bond acceptors (Lipinski definition) is 10. The first-order valence-electron chi connectivity index (χ1n) is 11.5.